The second-order valence-corrected chi connectivity index (χ2v) is 7.53. The zero-order chi connectivity index (χ0) is 18.9. The van der Waals surface area contributed by atoms with Gasteiger partial charge in [0.1, 0.15) is 0 Å². The number of aromatic nitrogens is 2. The summed E-state index contributed by atoms with van der Waals surface area (Å²) in [4.78, 5) is 38.0. The third-order valence-electron chi connectivity index (χ3n) is 6.33. The first-order valence-corrected chi connectivity index (χ1v) is 9.06. The van der Waals surface area contributed by atoms with Crippen molar-refractivity contribution in [3.8, 4) is 0 Å². The van der Waals surface area contributed by atoms with E-state index in [0.717, 1.165) is 54.7 Å². The highest BCUT2D eigenvalue weighted by Gasteiger charge is 2.33. The highest BCUT2D eigenvalue weighted by atomic mass is 16.2. The average Bonchev–Trinajstić information content (AvgIpc) is 3.12. The standard InChI is InChI=1S/C22H12N4O2/c1-25-13-5-3-9-17-15(13)11(21(25)27)7-23-19(17)10-4-6-14-16-12(22(28)26(14)2)8-24-20(9)18(10)16/h3-8H,1-2H3. The number of fused-ring (bicyclic) bond motifs is 2. The largest absolute Gasteiger partial charge is 0.311 e. The molecular formula is C22H12N4O2. The van der Waals surface area contributed by atoms with E-state index in [-0.39, 0.29) is 11.8 Å². The Morgan fingerprint density at radius 1 is 0.643 bits per heavy atom. The summed E-state index contributed by atoms with van der Waals surface area (Å²) in [6.45, 7) is 0. The molecule has 2 aromatic heterocycles. The second kappa shape index (κ2) is 4.20. The van der Waals surface area contributed by atoms with Crippen LogP contribution in [0.4, 0.5) is 11.4 Å². The van der Waals surface area contributed by atoms with E-state index in [0.29, 0.717) is 11.1 Å². The number of anilines is 2. The number of carbonyl (C=O) groups excluding carboxylic acids is 2. The lowest BCUT2D eigenvalue weighted by molar-refractivity contribution is 0.0991. The predicted molar refractivity (Wildman–Crippen MR) is 109 cm³/mol. The summed E-state index contributed by atoms with van der Waals surface area (Å²) < 4.78 is 0. The van der Waals surface area contributed by atoms with Crippen molar-refractivity contribution in [2.45, 2.75) is 0 Å². The fourth-order valence-electron chi connectivity index (χ4n) is 5.00. The summed E-state index contributed by atoms with van der Waals surface area (Å²) in [7, 11) is 3.58. The highest BCUT2D eigenvalue weighted by molar-refractivity contribution is 6.40. The fourth-order valence-corrected chi connectivity index (χ4v) is 5.00. The van der Waals surface area contributed by atoms with Crippen molar-refractivity contribution >= 4 is 66.5 Å². The van der Waals surface area contributed by atoms with Crippen LogP contribution in [-0.2, 0) is 0 Å². The van der Waals surface area contributed by atoms with Gasteiger partial charge in [-0.2, -0.15) is 0 Å². The summed E-state index contributed by atoms with van der Waals surface area (Å²) >= 11 is 0. The van der Waals surface area contributed by atoms with Gasteiger partial charge < -0.3 is 9.80 Å². The summed E-state index contributed by atoms with van der Waals surface area (Å²) in [5, 5.41) is 5.73. The molecule has 5 aromatic rings. The number of amides is 2. The molecule has 0 saturated carbocycles. The van der Waals surface area contributed by atoms with Crippen LogP contribution in [0.1, 0.15) is 20.7 Å². The number of benzene rings is 3. The lowest BCUT2D eigenvalue weighted by Crippen LogP contribution is -2.20. The van der Waals surface area contributed by atoms with Gasteiger partial charge in [-0.05, 0) is 24.3 Å². The van der Waals surface area contributed by atoms with E-state index in [9.17, 15) is 9.59 Å². The van der Waals surface area contributed by atoms with Crippen molar-refractivity contribution < 1.29 is 9.59 Å². The number of nitrogens with zero attached hydrogens (tertiary/aromatic N) is 4. The first kappa shape index (κ1) is 14.3. The molecule has 2 aliphatic rings. The first-order valence-electron chi connectivity index (χ1n) is 9.06. The van der Waals surface area contributed by atoms with Crippen LogP contribution in [0.5, 0.6) is 0 Å². The van der Waals surface area contributed by atoms with Gasteiger partial charge in [0.05, 0.1) is 33.5 Å². The maximum Gasteiger partial charge on any atom is 0.260 e. The third kappa shape index (κ3) is 1.28. The molecule has 2 amide bonds. The highest BCUT2D eigenvalue weighted by Crippen LogP contribution is 2.48. The second-order valence-electron chi connectivity index (χ2n) is 7.53. The van der Waals surface area contributed by atoms with Crippen molar-refractivity contribution in [3.63, 3.8) is 0 Å². The third-order valence-corrected chi connectivity index (χ3v) is 6.33. The molecule has 0 saturated heterocycles. The molecule has 0 unspecified atom stereocenters. The SMILES string of the molecule is CN1C(=O)c2cnc3c4ccc5c6c(cnc(c7ccc1c2c73)c64)C(=O)N5C. The van der Waals surface area contributed by atoms with Gasteiger partial charge in [0, 0.05) is 58.8 Å². The molecule has 132 valence electrons. The average molecular weight is 364 g/mol. The fraction of sp³-hybridized carbons (Fsp3) is 0.0909. The molecule has 0 atom stereocenters. The lowest BCUT2D eigenvalue weighted by atomic mass is 9.92. The molecule has 0 spiro atoms. The van der Waals surface area contributed by atoms with Crippen LogP contribution >= 0.6 is 0 Å². The number of carbonyl (C=O) groups is 2. The van der Waals surface area contributed by atoms with Crippen LogP contribution < -0.4 is 9.80 Å². The van der Waals surface area contributed by atoms with Gasteiger partial charge in [-0.3, -0.25) is 19.6 Å². The van der Waals surface area contributed by atoms with E-state index in [1.807, 2.05) is 24.3 Å². The Morgan fingerprint density at radius 3 is 1.50 bits per heavy atom. The van der Waals surface area contributed by atoms with E-state index < -0.39 is 0 Å². The molecule has 0 N–H and O–H groups in total. The number of pyridine rings is 2. The minimum absolute atomic E-state index is 0.0362. The van der Waals surface area contributed by atoms with Gasteiger partial charge in [0.15, 0.2) is 0 Å². The molecule has 0 aliphatic carbocycles. The smallest absolute Gasteiger partial charge is 0.260 e. The van der Waals surface area contributed by atoms with Gasteiger partial charge in [-0.1, -0.05) is 0 Å². The van der Waals surface area contributed by atoms with Gasteiger partial charge >= 0.3 is 0 Å². The van der Waals surface area contributed by atoms with E-state index in [2.05, 4.69) is 0 Å². The van der Waals surface area contributed by atoms with Gasteiger partial charge in [0.25, 0.3) is 11.8 Å². The van der Waals surface area contributed by atoms with Crippen molar-refractivity contribution in [3.05, 3.63) is 47.8 Å². The Bertz CT molecular complexity index is 1450. The van der Waals surface area contributed by atoms with Gasteiger partial charge in [-0.15, -0.1) is 0 Å². The predicted octanol–water partition coefficient (Wildman–Crippen LogP) is 3.71. The minimum atomic E-state index is -0.0362. The molecule has 4 heterocycles. The molecule has 28 heavy (non-hydrogen) atoms. The molecular weight excluding hydrogens is 352 g/mol. The normalized spacial score (nSPS) is 15.5. The Balaban J connectivity index is 1.83. The Hall–Kier alpha value is -3.80. The molecule has 7 rings (SSSR count). The minimum Gasteiger partial charge on any atom is -0.311 e. The molecule has 0 bridgehead atoms. The van der Waals surface area contributed by atoms with Gasteiger partial charge in [-0.25, -0.2) is 0 Å². The van der Waals surface area contributed by atoms with E-state index in [4.69, 9.17) is 9.97 Å². The number of rotatable bonds is 0. The first-order chi connectivity index (χ1) is 13.6. The van der Waals surface area contributed by atoms with Crippen molar-refractivity contribution in [1.82, 2.24) is 9.97 Å². The van der Waals surface area contributed by atoms with E-state index in [1.165, 1.54) is 0 Å². The quantitative estimate of drug-likeness (QED) is 0.310. The summed E-state index contributed by atoms with van der Waals surface area (Å²) in [5.41, 5.74) is 4.75. The van der Waals surface area contributed by atoms with Crippen LogP contribution in [-0.4, -0.2) is 35.9 Å². The maximum atomic E-state index is 12.6. The van der Waals surface area contributed by atoms with Crippen LogP contribution in [0.15, 0.2) is 36.7 Å². The molecule has 3 aromatic carbocycles. The summed E-state index contributed by atoms with van der Waals surface area (Å²) in [6.07, 6.45) is 3.35. The molecule has 0 fully saturated rings. The zero-order valence-corrected chi connectivity index (χ0v) is 15.1. The van der Waals surface area contributed by atoms with Crippen LogP contribution in [0.25, 0.3) is 43.4 Å². The van der Waals surface area contributed by atoms with Crippen LogP contribution in [0, 0.1) is 0 Å². The van der Waals surface area contributed by atoms with Crippen molar-refractivity contribution in [2.24, 2.45) is 0 Å². The Morgan fingerprint density at radius 2 is 1.07 bits per heavy atom. The number of hydrogen-bond donors (Lipinski definition) is 0. The maximum absolute atomic E-state index is 12.6. The zero-order valence-electron chi connectivity index (χ0n) is 15.1. The van der Waals surface area contributed by atoms with Crippen molar-refractivity contribution in [2.75, 3.05) is 23.9 Å². The Labute approximate surface area is 158 Å². The van der Waals surface area contributed by atoms with E-state index >= 15 is 0 Å². The number of hydrogen-bond acceptors (Lipinski definition) is 4. The molecule has 2 aliphatic heterocycles. The lowest BCUT2D eigenvalue weighted by Gasteiger charge is -2.15. The van der Waals surface area contributed by atoms with E-state index in [1.54, 1.807) is 36.3 Å². The summed E-state index contributed by atoms with van der Waals surface area (Å²) in [5.74, 6) is -0.0723. The molecule has 6 nitrogen and oxygen atoms in total. The Kier molecular flexibility index (Phi) is 2.14. The molecule has 0 radical (unpaired) electrons. The molecule has 6 heteroatoms. The van der Waals surface area contributed by atoms with Gasteiger partial charge in [0.2, 0.25) is 0 Å². The topological polar surface area (TPSA) is 66.4 Å². The van der Waals surface area contributed by atoms with Crippen molar-refractivity contribution in [1.29, 1.82) is 0 Å². The van der Waals surface area contributed by atoms with Crippen LogP contribution in [0.3, 0.4) is 0 Å². The summed E-state index contributed by atoms with van der Waals surface area (Å²) in [6, 6.07) is 7.98. The van der Waals surface area contributed by atoms with Crippen LogP contribution in [0.2, 0.25) is 0 Å². The monoisotopic (exact) mass is 364 g/mol.